The van der Waals surface area contributed by atoms with E-state index >= 15 is 0 Å². The molecule has 0 unspecified atom stereocenters. The van der Waals surface area contributed by atoms with E-state index in [0.717, 1.165) is 19.4 Å². The number of aromatic nitrogens is 1. The zero-order chi connectivity index (χ0) is 16.9. The van der Waals surface area contributed by atoms with Gasteiger partial charge in [-0.3, -0.25) is 4.79 Å². The van der Waals surface area contributed by atoms with Crippen LogP contribution in [-0.4, -0.2) is 42.1 Å². The molecule has 0 radical (unpaired) electrons. The van der Waals surface area contributed by atoms with Crippen LogP contribution in [0.25, 0.3) is 0 Å². The molecule has 1 amide bonds. The highest BCUT2D eigenvalue weighted by molar-refractivity contribution is 5.91. The van der Waals surface area contributed by atoms with Crippen LogP contribution in [0.5, 0.6) is 5.75 Å². The van der Waals surface area contributed by atoms with Crippen molar-refractivity contribution in [3.8, 4) is 5.75 Å². The van der Waals surface area contributed by atoms with Gasteiger partial charge in [-0.1, -0.05) is 6.07 Å². The number of likely N-dealkylation sites (N-methyl/N-ethyl adjacent to an activating group) is 1. The van der Waals surface area contributed by atoms with Crippen molar-refractivity contribution in [2.75, 3.05) is 20.2 Å². The first-order valence-electron chi connectivity index (χ1n) is 7.81. The van der Waals surface area contributed by atoms with Crippen LogP contribution in [-0.2, 0) is 11.3 Å². The Hall–Kier alpha value is -2.41. The lowest BCUT2D eigenvalue weighted by Gasteiger charge is -2.19. The Labute approximate surface area is 139 Å². The first-order chi connectivity index (χ1) is 11.6. The number of oxazole rings is 1. The minimum Gasteiger partial charge on any atom is -0.484 e. The first kappa shape index (κ1) is 16.4. The maximum Gasteiger partial charge on any atom is 0.275 e. The van der Waals surface area contributed by atoms with Gasteiger partial charge >= 0.3 is 0 Å². The first-order valence-corrected chi connectivity index (χ1v) is 7.81. The van der Waals surface area contributed by atoms with Crippen molar-refractivity contribution in [3.63, 3.8) is 0 Å². The van der Waals surface area contributed by atoms with E-state index in [9.17, 15) is 9.18 Å². The highest BCUT2D eigenvalue weighted by atomic mass is 19.1. The van der Waals surface area contributed by atoms with Crippen LogP contribution in [0, 0.1) is 5.82 Å². The van der Waals surface area contributed by atoms with Gasteiger partial charge < -0.3 is 18.8 Å². The van der Waals surface area contributed by atoms with Crippen LogP contribution in [0.15, 0.2) is 34.9 Å². The van der Waals surface area contributed by atoms with E-state index in [-0.39, 0.29) is 36.0 Å². The van der Waals surface area contributed by atoms with Crippen LogP contribution in [0.1, 0.15) is 29.2 Å². The lowest BCUT2D eigenvalue weighted by Crippen LogP contribution is -2.34. The number of ether oxygens (including phenoxy) is 2. The molecule has 1 atom stereocenters. The molecule has 3 rings (SSSR count). The van der Waals surface area contributed by atoms with Crippen molar-refractivity contribution in [1.29, 1.82) is 0 Å². The summed E-state index contributed by atoms with van der Waals surface area (Å²) in [4.78, 5) is 18.0. The van der Waals surface area contributed by atoms with Crippen molar-refractivity contribution in [2.45, 2.75) is 25.6 Å². The summed E-state index contributed by atoms with van der Waals surface area (Å²) in [5.74, 6) is 0.0162. The molecular weight excluding hydrogens is 315 g/mol. The second-order valence-electron chi connectivity index (χ2n) is 5.69. The van der Waals surface area contributed by atoms with E-state index in [4.69, 9.17) is 13.9 Å². The summed E-state index contributed by atoms with van der Waals surface area (Å²) in [5, 5.41) is 0. The monoisotopic (exact) mass is 334 g/mol. The second-order valence-corrected chi connectivity index (χ2v) is 5.69. The van der Waals surface area contributed by atoms with Crippen molar-refractivity contribution >= 4 is 5.91 Å². The van der Waals surface area contributed by atoms with Crippen molar-refractivity contribution in [3.05, 3.63) is 47.9 Å². The Morgan fingerprint density at radius 1 is 1.50 bits per heavy atom. The fourth-order valence-corrected chi connectivity index (χ4v) is 2.55. The van der Waals surface area contributed by atoms with Gasteiger partial charge in [-0.2, -0.15) is 0 Å². The maximum atomic E-state index is 13.1. The van der Waals surface area contributed by atoms with E-state index in [0.29, 0.717) is 12.3 Å². The Kier molecular flexibility index (Phi) is 5.10. The number of hydrogen-bond donors (Lipinski definition) is 0. The predicted molar refractivity (Wildman–Crippen MR) is 83.2 cm³/mol. The number of benzene rings is 1. The molecule has 0 saturated carbocycles. The molecule has 1 aromatic carbocycles. The van der Waals surface area contributed by atoms with Crippen molar-refractivity contribution < 1.29 is 23.1 Å². The molecule has 0 N–H and O–H groups in total. The Bertz CT molecular complexity index is 697. The summed E-state index contributed by atoms with van der Waals surface area (Å²) in [7, 11) is 1.71. The maximum absolute atomic E-state index is 13.1. The molecule has 7 heteroatoms. The third kappa shape index (κ3) is 4.11. The van der Waals surface area contributed by atoms with E-state index in [1.54, 1.807) is 24.1 Å². The molecule has 2 aromatic rings. The average molecular weight is 334 g/mol. The van der Waals surface area contributed by atoms with Crippen LogP contribution >= 0.6 is 0 Å². The molecule has 0 bridgehead atoms. The molecule has 2 heterocycles. The summed E-state index contributed by atoms with van der Waals surface area (Å²) in [6.07, 6.45) is 3.38. The number of halogens is 1. The summed E-state index contributed by atoms with van der Waals surface area (Å²) in [5.41, 5.74) is 0.216. The molecule has 1 saturated heterocycles. The number of carbonyl (C=O) groups excluding carboxylic acids is 1. The van der Waals surface area contributed by atoms with E-state index in [1.165, 1.54) is 18.4 Å². The normalized spacial score (nSPS) is 17.0. The Balaban J connectivity index is 1.55. The SMILES string of the molecule is CN(C[C@@H]1CCCO1)C(=O)c1coc(COc2cccc(F)c2)n1. The molecule has 0 spiro atoms. The summed E-state index contributed by atoms with van der Waals surface area (Å²) >= 11 is 0. The van der Waals surface area contributed by atoms with Gasteiger partial charge in [0.05, 0.1) is 6.10 Å². The van der Waals surface area contributed by atoms with Gasteiger partial charge in [0, 0.05) is 26.3 Å². The molecule has 1 aliphatic heterocycles. The fraction of sp³-hybridized carbons (Fsp3) is 0.412. The molecule has 0 aliphatic carbocycles. The standard InChI is InChI=1S/C17H19FN2O4/c1-20(9-14-6-3-7-22-14)17(21)15-10-24-16(19-15)11-23-13-5-2-4-12(18)8-13/h2,4-5,8,10,14H,3,6-7,9,11H2,1H3/t14-/m0/s1. The third-order valence-corrected chi connectivity index (χ3v) is 3.78. The predicted octanol–water partition coefficient (Wildman–Crippen LogP) is 2.64. The number of nitrogens with zero attached hydrogens (tertiary/aromatic N) is 2. The van der Waals surface area contributed by atoms with E-state index < -0.39 is 0 Å². The molecule has 128 valence electrons. The highest BCUT2D eigenvalue weighted by Crippen LogP contribution is 2.16. The summed E-state index contributed by atoms with van der Waals surface area (Å²) in [6, 6.07) is 5.78. The molecule has 1 aliphatic rings. The highest BCUT2D eigenvalue weighted by Gasteiger charge is 2.22. The summed E-state index contributed by atoms with van der Waals surface area (Å²) < 4.78 is 29.2. The number of amides is 1. The lowest BCUT2D eigenvalue weighted by molar-refractivity contribution is 0.0582. The fourth-order valence-electron chi connectivity index (χ4n) is 2.55. The van der Waals surface area contributed by atoms with Gasteiger partial charge in [0.15, 0.2) is 12.3 Å². The molecule has 1 aromatic heterocycles. The smallest absolute Gasteiger partial charge is 0.275 e. The Morgan fingerprint density at radius 2 is 2.38 bits per heavy atom. The van der Waals surface area contributed by atoms with E-state index in [2.05, 4.69) is 4.98 Å². The minimum absolute atomic E-state index is 0.0200. The summed E-state index contributed by atoms with van der Waals surface area (Å²) in [6.45, 7) is 1.30. The zero-order valence-corrected chi connectivity index (χ0v) is 13.4. The van der Waals surface area contributed by atoms with Gasteiger partial charge in [-0.05, 0) is 25.0 Å². The molecule has 1 fully saturated rings. The van der Waals surface area contributed by atoms with Gasteiger partial charge in [0.1, 0.15) is 17.8 Å². The minimum atomic E-state index is -0.383. The van der Waals surface area contributed by atoms with Crippen LogP contribution in [0.2, 0.25) is 0 Å². The largest absolute Gasteiger partial charge is 0.484 e. The molecular formula is C17H19FN2O4. The van der Waals surface area contributed by atoms with Crippen molar-refractivity contribution in [1.82, 2.24) is 9.88 Å². The second kappa shape index (κ2) is 7.44. The van der Waals surface area contributed by atoms with Crippen molar-refractivity contribution in [2.24, 2.45) is 0 Å². The van der Waals surface area contributed by atoms with E-state index in [1.807, 2.05) is 0 Å². The number of rotatable bonds is 6. The topological polar surface area (TPSA) is 64.8 Å². The molecule has 6 nitrogen and oxygen atoms in total. The van der Waals surface area contributed by atoms with Gasteiger partial charge in [0.25, 0.3) is 5.91 Å². The third-order valence-electron chi connectivity index (χ3n) is 3.78. The van der Waals surface area contributed by atoms with Gasteiger partial charge in [-0.15, -0.1) is 0 Å². The lowest BCUT2D eigenvalue weighted by atomic mass is 10.2. The van der Waals surface area contributed by atoms with Gasteiger partial charge in [-0.25, -0.2) is 9.37 Å². The quantitative estimate of drug-likeness (QED) is 0.812. The molecule has 24 heavy (non-hydrogen) atoms. The average Bonchev–Trinajstić information content (AvgIpc) is 3.24. The van der Waals surface area contributed by atoms with Crippen LogP contribution < -0.4 is 4.74 Å². The van der Waals surface area contributed by atoms with Crippen LogP contribution in [0.4, 0.5) is 4.39 Å². The Morgan fingerprint density at radius 3 is 3.12 bits per heavy atom. The van der Waals surface area contributed by atoms with Gasteiger partial charge in [0.2, 0.25) is 5.89 Å². The van der Waals surface area contributed by atoms with Crippen LogP contribution in [0.3, 0.4) is 0 Å². The number of hydrogen-bond acceptors (Lipinski definition) is 5. The number of carbonyl (C=O) groups is 1. The zero-order valence-electron chi connectivity index (χ0n) is 13.4.